The lowest BCUT2D eigenvalue weighted by Gasteiger charge is -2.09. The molecule has 2 aromatic carbocycles. The average Bonchev–Trinajstić information content (AvgIpc) is 2.49. The highest BCUT2D eigenvalue weighted by Gasteiger charge is 2.11. The molecule has 102 valence electrons. The fraction of sp³-hybridized carbons (Fsp3) is 0.0625. The molecular weight excluding hydrogens is 252 g/mol. The van der Waals surface area contributed by atoms with Gasteiger partial charge in [-0.3, -0.25) is 0 Å². The Balaban J connectivity index is 2.16. The Hall–Kier alpha value is -2.59. The molecule has 0 aliphatic carbocycles. The Labute approximate surface area is 117 Å². The van der Waals surface area contributed by atoms with Crippen molar-refractivity contribution >= 4 is 12.0 Å². The Kier molecular flexibility index (Phi) is 4.92. The van der Waals surface area contributed by atoms with Crippen molar-refractivity contribution in [3.05, 3.63) is 71.9 Å². The summed E-state index contributed by atoms with van der Waals surface area (Å²) in [4.78, 5) is 12.1. The van der Waals surface area contributed by atoms with E-state index in [-0.39, 0.29) is 6.67 Å². The molecule has 0 fully saturated rings. The van der Waals surface area contributed by atoms with Gasteiger partial charge in [-0.15, -0.1) is 0 Å². The van der Waals surface area contributed by atoms with Crippen LogP contribution in [0.1, 0.15) is 5.56 Å². The van der Waals surface area contributed by atoms with E-state index in [4.69, 9.17) is 10.5 Å². The van der Waals surface area contributed by atoms with Crippen LogP contribution >= 0.6 is 0 Å². The van der Waals surface area contributed by atoms with Crippen molar-refractivity contribution in [1.82, 2.24) is 5.32 Å². The van der Waals surface area contributed by atoms with Crippen molar-refractivity contribution < 1.29 is 9.53 Å². The number of ether oxygens (including phenoxy) is 1. The minimum absolute atomic E-state index is 0.155. The molecule has 3 N–H and O–H groups in total. The Morgan fingerprint density at radius 2 is 1.65 bits per heavy atom. The van der Waals surface area contributed by atoms with E-state index in [0.717, 1.165) is 5.56 Å². The molecule has 4 heteroatoms. The molecule has 0 heterocycles. The number of hydrogen-bond acceptors (Lipinski definition) is 4. The molecule has 20 heavy (non-hydrogen) atoms. The summed E-state index contributed by atoms with van der Waals surface area (Å²) in [5.41, 5.74) is 6.67. The van der Waals surface area contributed by atoms with Crippen LogP contribution in [0.3, 0.4) is 0 Å². The van der Waals surface area contributed by atoms with Crippen molar-refractivity contribution in [1.29, 1.82) is 0 Å². The second-order valence-corrected chi connectivity index (χ2v) is 4.05. The van der Waals surface area contributed by atoms with Gasteiger partial charge in [-0.05, 0) is 23.8 Å². The lowest BCUT2D eigenvalue weighted by molar-refractivity contribution is -0.130. The monoisotopic (exact) mass is 268 g/mol. The Morgan fingerprint density at radius 1 is 1.05 bits per heavy atom. The fourth-order valence-corrected chi connectivity index (χ4v) is 1.66. The number of esters is 1. The molecule has 2 aromatic rings. The minimum Gasteiger partial charge on any atom is -0.422 e. The first-order valence-electron chi connectivity index (χ1n) is 6.27. The molecule has 0 radical (unpaired) electrons. The first-order valence-corrected chi connectivity index (χ1v) is 6.27. The van der Waals surface area contributed by atoms with Crippen molar-refractivity contribution in [2.75, 3.05) is 6.67 Å². The summed E-state index contributed by atoms with van der Waals surface area (Å²) < 4.78 is 5.28. The SMILES string of the molecule is NCNC(=Cc1ccccc1)C(=O)Oc1ccccc1. The number of carbonyl (C=O) groups is 1. The number of hydrogen-bond donors (Lipinski definition) is 2. The molecule has 0 saturated carbocycles. The topological polar surface area (TPSA) is 64.3 Å². The van der Waals surface area contributed by atoms with Gasteiger partial charge in [0.1, 0.15) is 11.4 Å². The van der Waals surface area contributed by atoms with E-state index >= 15 is 0 Å². The molecule has 0 unspecified atom stereocenters. The number of carbonyl (C=O) groups excluding carboxylic acids is 1. The molecule has 0 aliphatic heterocycles. The second-order valence-electron chi connectivity index (χ2n) is 4.05. The lowest BCUT2D eigenvalue weighted by Crippen LogP contribution is -2.28. The zero-order chi connectivity index (χ0) is 14.2. The first kappa shape index (κ1) is 13.8. The summed E-state index contributed by atoms with van der Waals surface area (Å²) in [6.07, 6.45) is 1.71. The van der Waals surface area contributed by atoms with Crippen LogP contribution in [0.15, 0.2) is 66.4 Å². The maximum Gasteiger partial charge on any atom is 0.359 e. The van der Waals surface area contributed by atoms with E-state index in [0.29, 0.717) is 11.4 Å². The quantitative estimate of drug-likeness (QED) is 0.377. The van der Waals surface area contributed by atoms with Gasteiger partial charge in [-0.25, -0.2) is 4.79 Å². The molecule has 0 aromatic heterocycles. The van der Waals surface area contributed by atoms with Crippen LogP contribution in [-0.4, -0.2) is 12.6 Å². The van der Waals surface area contributed by atoms with Crippen LogP contribution in [0.4, 0.5) is 0 Å². The van der Waals surface area contributed by atoms with Crippen LogP contribution in [0.25, 0.3) is 6.08 Å². The van der Waals surface area contributed by atoms with Crippen molar-refractivity contribution in [2.45, 2.75) is 0 Å². The second kappa shape index (κ2) is 7.11. The van der Waals surface area contributed by atoms with E-state index in [1.807, 2.05) is 36.4 Å². The van der Waals surface area contributed by atoms with Gasteiger partial charge in [0.2, 0.25) is 0 Å². The highest BCUT2D eigenvalue weighted by atomic mass is 16.5. The van der Waals surface area contributed by atoms with Gasteiger partial charge in [-0.2, -0.15) is 0 Å². The van der Waals surface area contributed by atoms with Gasteiger partial charge in [-0.1, -0.05) is 48.5 Å². The summed E-state index contributed by atoms with van der Waals surface area (Å²) in [7, 11) is 0. The summed E-state index contributed by atoms with van der Waals surface area (Å²) >= 11 is 0. The van der Waals surface area contributed by atoms with Gasteiger partial charge in [0, 0.05) is 0 Å². The summed E-state index contributed by atoms with van der Waals surface area (Å²) in [5.74, 6) is 0.0285. The number of nitrogens with one attached hydrogen (secondary N) is 1. The van der Waals surface area contributed by atoms with Gasteiger partial charge in [0.15, 0.2) is 0 Å². The van der Waals surface area contributed by atoms with E-state index < -0.39 is 5.97 Å². The molecule has 0 atom stereocenters. The normalized spacial score (nSPS) is 10.9. The number of benzene rings is 2. The van der Waals surface area contributed by atoms with E-state index in [1.54, 1.807) is 30.3 Å². The van der Waals surface area contributed by atoms with Crippen LogP contribution < -0.4 is 15.8 Å². The Morgan fingerprint density at radius 3 is 2.25 bits per heavy atom. The van der Waals surface area contributed by atoms with E-state index in [9.17, 15) is 4.79 Å². The smallest absolute Gasteiger partial charge is 0.359 e. The summed E-state index contributed by atoms with van der Waals surface area (Å²) in [5, 5.41) is 2.82. The van der Waals surface area contributed by atoms with Crippen LogP contribution in [0.5, 0.6) is 5.75 Å². The molecule has 0 aliphatic rings. The molecule has 2 rings (SSSR count). The summed E-state index contributed by atoms with van der Waals surface area (Å²) in [6.45, 7) is 0.155. The molecular formula is C16H16N2O2. The van der Waals surface area contributed by atoms with Crippen LogP contribution in [0.2, 0.25) is 0 Å². The van der Waals surface area contributed by atoms with E-state index in [1.165, 1.54) is 0 Å². The molecule has 0 bridgehead atoms. The molecule has 0 saturated heterocycles. The summed E-state index contributed by atoms with van der Waals surface area (Å²) in [6, 6.07) is 18.4. The first-order chi connectivity index (χ1) is 9.79. The van der Waals surface area contributed by atoms with Crippen LogP contribution in [-0.2, 0) is 4.79 Å². The average molecular weight is 268 g/mol. The zero-order valence-corrected chi connectivity index (χ0v) is 11.0. The number of rotatable bonds is 5. The fourth-order valence-electron chi connectivity index (χ4n) is 1.66. The van der Waals surface area contributed by atoms with Gasteiger partial charge in [0.25, 0.3) is 0 Å². The third-order valence-electron chi connectivity index (χ3n) is 2.58. The molecule has 0 amide bonds. The molecule has 4 nitrogen and oxygen atoms in total. The van der Waals surface area contributed by atoms with Crippen LogP contribution in [0, 0.1) is 0 Å². The third-order valence-corrected chi connectivity index (χ3v) is 2.58. The maximum atomic E-state index is 12.1. The lowest BCUT2D eigenvalue weighted by atomic mass is 10.2. The maximum absolute atomic E-state index is 12.1. The standard InChI is InChI=1S/C16H16N2O2/c17-12-18-15(11-13-7-3-1-4-8-13)16(19)20-14-9-5-2-6-10-14/h1-11,18H,12,17H2. The van der Waals surface area contributed by atoms with Gasteiger partial charge < -0.3 is 15.8 Å². The van der Waals surface area contributed by atoms with E-state index in [2.05, 4.69) is 5.32 Å². The van der Waals surface area contributed by atoms with Crippen molar-refractivity contribution in [2.24, 2.45) is 5.73 Å². The third kappa shape index (κ3) is 3.96. The predicted molar refractivity (Wildman–Crippen MR) is 78.7 cm³/mol. The Bertz CT molecular complexity index is 580. The predicted octanol–water partition coefficient (Wildman–Crippen LogP) is 2.14. The van der Waals surface area contributed by atoms with Gasteiger partial charge >= 0.3 is 5.97 Å². The molecule has 0 spiro atoms. The largest absolute Gasteiger partial charge is 0.422 e. The zero-order valence-electron chi connectivity index (χ0n) is 11.0. The number of para-hydroxylation sites is 1. The van der Waals surface area contributed by atoms with Crippen molar-refractivity contribution in [3.8, 4) is 5.75 Å². The minimum atomic E-state index is -0.467. The number of nitrogens with two attached hydrogens (primary N) is 1. The van der Waals surface area contributed by atoms with Crippen molar-refractivity contribution in [3.63, 3.8) is 0 Å². The highest BCUT2D eigenvalue weighted by molar-refractivity contribution is 5.94. The highest BCUT2D eigenvalue weighted by Crippen LogP contribution is 2.12. The van der Waals surface area contributed by atoms with Gasteiger partial charge in [0.05, 0.1) is 6.67 Å².